The van der Waals surface area contributed by atoms with Gasteiger partial charge in [0, 0.05) is 28.5 Å². The molecule has 0 amide bonds. The molecule has 2 aromatic carbocycles. The Balaban J connectivity index is 1.25. The summed E-state index contributed by atoms with van der Waals surface area (Å²) in [5.74, 6) is -1.19. The van der Waals surface area contributed by atoms with Crippen LogP contribution in [-0.2, 0) is 23.7 Å². The summed E-state index contributed by atoms with van der Waals surface area (Å²) in [4.78, 5) is 26.6. The smallest absolute Gasteiger partial charge is 0.343 e. The molecule has 0 aromatic heterocycles. The van der Waals surface area contributed by atoms with Gasteiger partial charge < -0.3 is 24.1 Å². The third-order valence-corrected chi connectivity index (χ3v) is 11.2. The number of esters is 2. The van der Waals surface area contributed by atoms with E-state index in [0.29, 0.717) is 41.5 Å². The van der Waals surface area contributed by atoms with Gasteiger partial charge >= 0.3 is 11.9 Å². The minimum Gasteiger partial charge on any atom is -0.419 e. The minimum absolute atomic E-state index is 0.0596. The predicted octanol–water partition coefficient (Wildman–Crippen LogP) is 5.29. The topological polar surface area (TPSA) is 97.9 Å². The largest absolute Gasteiger partial charge is 0.419 e. The van der Waals surface area contributed by atoms with Crippen LogP contribution in [-0.4, -0.2) is 52.2 Å². The molecule has 3 aliphatic heterocycles. The molecular formula is C34H33FO7. The highest BCUT2D eigenvalue weighted by molar-refractivity contribution is 5.99. The Morgan fingerprint density at radius 1 is 1.02 bits per heavy atom. The Hall–Kier alpha value is -3.33. The fourth-order valence-corrected chi connectivity index (χ4v) is 8.85. The molecule has 2 saturated carbocycles. The number of cyclic esters (lactones) is 1. The molecule has 8 rings (SSSR count). The van der Waals surface area contributed by atoms with Crippen molar-refractivity contribution >= 4 is 17.7 Å². The first-order valence-electron chi connectivity index (χ1n) is 14.8. The van der Waals surface area contributed by atoms with Gasteiger partial charge in [-0.3, -0.25) is 0 Å². The molecule has 2 aromatic rings. The summed E-state index contributed by atoms with van der Waals surface area (Å²) in [6, 6.07) is 17.7. The maximum atomic E-state index is 16.6. The molecule has 0 radical (unpaired) electrons. The highest BCUT2D eigenvalue weighted by Crippen LogP contribution is 2.77. The van der Waals surface area contributed by atoms with Gasteiger partial charge in [-0.05, 0) is 43.2 Å². The molecule has 6 aliphatic rings. The van der Waals surface area contributed by atoms with Gasteiger partial charge in [-0.25, -0.2) is 14.0 Å². The van der Waals surface area contributed by atoms with E-state index >= 15 is 4.39 Å². The van der Waals surface area contributed by atoms with Crippen molar-refractivity contribution in [1.29, 1.82) is 0 Å². The van der Waals surface area contributed by atoms with E-state index in [9.17, 15) is 14.7 Å². The second-order valence-electron chi connectivity index (χ2n) is 13.2. The first-order valence-corrected chi connectivity index (χ1v) is 14.8. The van der Waals surface area contributed by atoms with Crippen molar-refractivity contribution in [2.24, 2.45) is 17.3 Å². The van der Waals surface area contributed by atoms with Crippen LogP contribution < -0.4 is 0 Å². The zero-order valence-electron chi connectivity index (χ0n) is 23.8. The van der Waals surface area contributed by atoms with Gasteiger partial charge in [0.05, 0.1) is 17.8 Å². The molecule has 7 nitrogen and oxygen atoms in total. The number of allylic oxidation sites excluding steroid dienone is 1. The van der Waals surface area contributed by atoms with Gasteiger partial charge in [0.1, 0.15) is 11.2 Å². The summed E-state index contributed by atoms with van der Waals surface area (Å²) >= 11 is 0. The molecule has 1 N–H and O–H groups in total. The number of alkyl halides is 1. The zero-order valence-corrected chi connectivity index (χ0v) is 23.8. The average Bonchev–Trinajstić information content (AvgIpc) is 3.88. The van der Waals surface area contributed by atoms with E-state index in [0.717, 1.165) is 0 Å². The SMILES string of the molecule is CC(C)[C@]12O[C@H]1C[C@@]1(O)[C@@]3(C)CCC4=C(/C(=C(\OC(=O)c5ccccc5)c5ccccc5)OC4=O)[C@@H]3C[C@@H]3O[C@@]31C2F. The number of fused-ring (bicyclic) bond motifs is 4. The van der Waals surface area contributed by atoms with Gasteiger partial charge in [0.25, 0.3) is 0 Å². The van der Waals surface area contributed by atoms with Crippen LogP contribution >= 0.6 is 0 Å². The summed E-state index contributed by atoms with van der Waals surface area (Å²) in [5, 5.41) is 12.6. The van der Waals surface area contributed by atoms with Crippen LogP contribution in [0.3, 0.4) is 0 Å². The second-order valence-corrected chi connectivity index (χ2v) is 13.2. The monoisotopic (exact) mass is 572 g/mol. The number of hydrogen-bond acceptors (Lipinski definition) is 7. The molecule has 218 valence electrons. The number of benzene rings is 2. The zero-order chi connectivity index (χ0) is 29.2. The lowest BCUT2D eigenvalue weighted by molar-refractivity contribution is -0.200. The van der Waals surface area contributed by atoms with Crippen molar-refractivity contribution in [1.82, 2.24) is 0 Å². The Morgan fingerprint density at radius 2 is 1.69 bits per heavy atom. The third kappa shape index (κ3) is 3.05. The Bertz CT molecular complexity index is 1580. The summed E-state index contributed by atoms with van der Waals surface area (Å²) in [5.41, 5.74) is -2.57. The molecule has 8 atom stereocenters. The van der Waals surface area contributed by atoms with Crippen LogP contribution in [0.25, 0.3) is 5.76 Å². The van der Waals surface area contributed by atoms with Gasteiger partial charge in [-0.15, -0.1) is 0 Å². The number of epoxide rings is 2. The van der Waals surface area contributed by atoms with Crippen molar-refractivity contribution in [3.05, 3.63) is 88.7 Å². The molecule has 2 saturated heterocycles. The predicted molar refractivity (Wildman–Crippen MR) is 148 cm³/mol. The van der Waals surface area contributed by atoms with Crippen LogP contribution in [0.1, 0.15) is 62.4 Å². The van der Waals surface area contributed by atoms with E-state index in [-0.39, 0.29) is 29.8 Å². The minimum atomic E-state index is -1.52. The molecule has 0 bridgehead atoms. The summed E-state index contributed by atoms with van der Waals surface area (Å²) in [6.07, 6.45) is -0.915. The van der Waals surface area contributed by atoms with Crippen LogP contribution in [0.15, 0.2) is 77.6 Å². The van der Waals surface area contributed by atoms with E-state index in [4.69, 9.17) is 18.9 Å². The summed E-state index contributed by atoms with van der Waals surface area (Å²) in [7, 11) is 0. The fraction of sp³-hybridized carbons (Fsp3) is 0.471. The van der Waals surface area contributed by atoms with E-state index < -0.39 is 52.5 Å². The number of aliphatic hydroxyl groups is 1. The maximum absolute atomic E-state index is 16.6. The Kier molecular flexibility index (Phi) is 5.26. The number of rotatable bonds is 4. The lowest BCUT2D eigenvalue weighted by Gasteiger charge is -2.59. The maximum Gasteiger partial charge on any atom is 0.343 e. The molecule has 1 spiro atoms. The third-order valence-electron chi connectivity index (χ3n) is 11.2. The molecule has 8 heteroatoms. The average molecular weight is 573 g/mol. The number of carbonyl (C=O) groups is 2. The van der Waals surface area contributed by atoms with Crippen molar-refractivity contribution in [3.63, 3.8) is 0 Å². The standard InChI is InChI=1S/C34H33FO7/c1-18(2)33-24(41-33)17-32(38)31(3)15-14-21-25(22(31)16-23-34(32,42-23)30(33)35)27(40-29(21)37)26(19-10-6-4-7-11-19)39-28(36)20-12-8-5-9-13-20/h4-13,18,22-24,30,38H,14-17H2,1-3H3/b27-26+/t22-,23-,24-,30?,31-,32+,33-,34+/m0/s1. The van der Waals surface area contributed by atoms with Crippen molar-refractivity contribution in [2.75, 3.05) is 0 Å². The molecule has 1 unspecified atom stereocenters. The van der Waals surface area contributed by atoms with Gasteiger partial charge in [-0.1, -0.05) is 69.3 Å². The highest BCUT2D eigenvalue weighted by Gasteiger charge is 2.91. The lowest BCUT2D eigenvalue weighted by atomic mass is 9.45. The van der Waals surface area contributed by atoms with Crippen LogP contribution in [0.4, 0.5) is 4.39 Å². The van der Waals surface area contributed by atoms with E-state index in [1.165, 1.54) is 0 Å². The summed E-state index contributed by atoms with van der Waals surface area (Å²) in [6.45, 7) is 5.89. The first-order chi connectivity index (χ1) is 20.1. The normalized spacial score (nSPS) is 42.0. The Labute approximate surface area is 243 Å². The molecule has 4 fully saturated rings. The van der Waals surface area contributed by atoms with E-state index in [2.05, 4.69) is 0 Å². The number of ether oxygens (including phenoxy) is 4. The van der Waals surface area contributed by atoms with Crippen molar-refractivity contribution in [2.45, 2.75) is 81.6 Å². The van der Waals surface area contributed by atoms with Crippen molar-refractivity contribution in [3.8, 4) is 0 Å². The fourth-order valence-electron chi connectivity index (χ4n) is 8.85. The number of hydrogen-bond donors (Lipinski definition) is 1. The van der Waals surface area contributed by atoms with Gasteiger partial charge in [-0.2, -0.15) is 0 Å². The molecule has 3 aliphatic carbocycles. The van der Waals surface area contributed by atoms with E-state index in [1.54, 1.807) is 36.4 Å². The number of carbonyl (C=O) groups excluding carboxylic acids is 2. The van der Waals surface area contributed by atoms with Crippen LogP contribution in [0, 0.1) is 17.3 Å². The highest BCUT2D eigenvalue weighted by atomic mass is 19.1. The molecular weight excluding hydrogens is 539 g/mol. The van der Waals surface area contributed by atoms with Crippen molar-refractivity contribution < 1.29 is 38.0 Å². The van der Waals surface area contributed by atoms with Gasteiger partial charge in [0.15, 0.2) is 23.3 Å². The molecule has 42 heavy (non-hydrogen) atoms. The first kappa shape index (κ1) is 26.3. The molecule has 3 heterocycles. The van der Waals surface area contributed by atoms with E-state index in [1.807, 2.05) is 45.0 Å². The second kappa shape index (κ2) is 8.40. The van der Waals surface area contributed by atoms with Crippen LogP contribution in [0.2, 0.25) is 0 Å². The van der Waals surface area contributed by atoms with Crippen LogP contribution in [0.5, 0.6) is 0 Å². The number of halogens is 1. The quantitative estimate of drug-likeness (QED) is 0.302. The summed E-state index contributed by atoms with van der Waals surface area (Å²) < 4.78 is 40.8. The Morgan fingerprint density at radius 3 is 2.36 bits per heavy atom. The van der Waals surface area contributed by atoms with Gasteiger partial charge in [0.2, 0.25) is 0 Å². The lowest BCUT2D eigenvalue weighted by Crippen LogP contribution is -2.72.